The maximum atomic E-state index is 4.33. The molecule has 18 heavy (non-hydrogen) atoms. The van der Waals surface area contributed by atoms with Gasteiger partial charge in [-0.1, -0.05) is 37.0 Å². The van der Waals surface area contributed by atoms with Gasteiger partial charge in [0.25, 0.3) is 0 Å². The van der Waals surface area contributed by atoms with Crippen LogP contribution in [0.5, 0.6) is 0 Å². The molecule has 0 spiro atoms. The Morgan fingerprint density at radius 3 is 2.83 bits per heavy atom. The predicted molar refractivity (Wildman–Crippen MR) is 76.5 cm³/mol. The lowest BCUT2D eigenvalue weighted by molar-refractivity contribution is 0.552. The second-order valence-corrected chi connectivity index (χ2v) is 4.81. The maximum Gasteiger partial charge on any atom is 0.109 e. The van der Waals surface area contributed by atoms with Crippen LogP contribution in [-0.4, -0.2) is 11.5 Å². The summed E-state index contributed by atoms with van der Waals surface area (Å²) in [5.41, 5.74) is 1.06. The van der Waals surface area contributed by atoms with Crippen LogP contribution in [0.1, 0.15) is 30.0 Å². The van der Waals surface area contributed by atoms with Gasteiger partial charge in [-0.05, 0) is 18.6 Å². The van der Waals surface area contributed by atoms with Crippen LogP contribution in [0.15, 0.2) is 41.9 Å². The number of nitrogens with one attached hydrogen (secondary N) is 1. The molecule has 1 aromatic heterocycles. The van der Waals surface area contributed by atoms with Crippen molar-refractivity contribution in [3.63, 3.8) is 0 Å². The van der Waals surface area contributed by atoms with E-state index in [9.17, 15) is 0 Å². The third-order valence-corrected chi connectivity index (χ3v) is 3.49. The molecule has 2 aromatic rings. The van der Waals surface area contributed by atoms with E-state index in [1.54, 1.807) is 11.3 Å². The number of nitrogens with zero attached hydrogens (tertiary/aromatic N) is 1. The van der Waals surface area contributed by atoms with Crippen molar-refractivity contribution in [3.8, 4) is 11.8 Å². The second kappa shape index (κ2) is 6.95. The van der Waals surface area contributed by atoms with Crippen molar-refractivity contribution in [2.24, 2.45) is 0 Å². The Morgan fingerprint density at radius 2 is 2.17 bits per heavy atom. The molecule has 1 N–H and O–H groups in total. The summed E-state index contributed by atoms with van der Waals surface area (Å²) < 4.78 is 0. The van der Waals surface area contributed by atoms with Crippen LogP contribution in [0.3, 0.4) is 0 Å². The van der Waals surface area contributed by atoms with E-state index in [0.717, 1.165) is 17.0 Å². The topological polar surface area (TPSA) is 24.9 Å². The molecule has 1 heterocycles. The minimum absolute atomic E-state index is 0.315. The Morgan fingerprint density at radius 1 is 1.33 bits per heavy atom. The molecule has 1 unspecified atom stereocenters. The van der Waals surface area contributed by atoms with Crippen molar-refractivity contribution < 1.29 is 0 Å². The Labute approximate surface area is 112 Å². The fraction of sp³-hybridized carbons (Fsp3) is 0.267. The summed E-state index contributed by atoms with van der Waals surface area (Å²) in [5, 5.41) is 6.56. The van der Waals surface area contributed by atoms with Crippen LogP contribution in [0.25, 0.3) is 0 Å². The number of aromatic nitrogens is 1. The van der Waals surface area contributed by atoms with Crippen molar-refractivity contribution in [1.29, 1.82) is 0 Å². The molecule has 0 aliphatic heterocycles. The van der Waals surface area contributed by atoms with Gasteiger partial charge in [-0.25, -0.2) is 4.98 Å². The number of hydrogen-bond acceptors (Lipinski definition) is 3. The van der Waals surface area contributed by atoms with Crippen molar-refractivity contribution in [1.82, 2.24) is 10.3 Å². The molecule has 1 aromatic carbocycles. The van der Waals surface area contributed by atoms with E-state index in [-0.39, 0.29) is 0 Å². The predicted octanol–water partition coefficient (Wildman–Crippen LogP) is 3.24. The van der Waals surface area contributed by atoms with Crippen LogP contribution in [0, 0.1) is 11.8 Å². The first-order valence-corrected chi connectivity index (χ1v) is 6.95. The number of rotatable bonds is 4. The standard InChI is InChI=1S/C15H16N2S/c1-2-14(15-17-11-12-18-15)16-10-6-9-13-7-4-3-5-8-13/h3-5,7-8,11-12,14,16H,2,10H2,1H3. The summed E-state index contributed by atoms with van der Waals surface area (Å²) in [7, 11) is 0. The van der Waals surface area contributed by atoms with Gasteiger partial charge in [0.2, 0.25) is 0 Å². The summed E-state index contributed by atoms with van der Waals surface area (Å²) in [5.74, 6) is 6.28. The first kappa shape index (κ1) is 12.8. The monoisotopic (exact) mass is 256 g/mol. The number of hydrogen-bond donors (Lipinski definition) is 1. The number of thiazole rings is 1. The van der Waals surface area contributed by atoms with E-state index < -0.39 is 0 Å². The normalized spacial score (nSPS) is 11.6. The summed E-state index contributed by atoms with van der Waals surface area (Å²) in [6.07, 6.45) is 2.88. The van der Waals surface area contributed by atoms with Gasteiger partial charge in [0.1, 0.15) is 5.01 Å². The molecule has 0 fully saturated rings. The van der Waals surface area contributed by atoms with Gasteiger partial charge in [0.05, 0.1) is 12.6 Å². The average molecular weight is 256 g/mol. The Kier molecular flexibility index (Phi) is 4.95. The SMILES string of the molecule is CCC(NCC#Cc1ccccc1)c1nccs1. The average Bonchev–Trinajstić information content (AvgIpc) is 2.94. The van der Waals surface area contributed by atoms with Gasteiger partial charge >= 0.3 is 0 Å². The highest BCUT2D eigenvalue weighted by atomic mass is 32.1. The fourth-order valence-corrected chi connectivity index (χ4v) is 2.45. The van der Waals surface area contributed by atoms with E-state index in [0.29, 0.717) is 12.6 Å². The molecule has 0 bridgehead atoms. The van der Waals surface area contributed by atoms with Gasteiger partial charge < -0.3 is 0 Å². The summed E-state index contributed by atoms with van der Waals surface area (Å²) in [4.78, 5) is 4.33. The zero-order valence-electron chi connectivity index (χ0n) is 10.4. The van der Waals surface area contributed by atoms with Crippen LogP contribution < -0.4 is 5.32 Å². The quantitative estimate of drug-likeness (QED) is 0.850. The highest BCUT2D eigenvalue weighted by molar-refractivity contribution is 7.09. The van der Waals surface area contributed by atoms with Crippen molar-refractivity contribution in [3.05, 3.63) is 52.5 Å². The van der Waals surface area contributed by atoms with Gasteiger partial charge in [-0.3, -0.25) is 5.32 Å². The fourth-order valence-electron chi connectivity index (χ4n) is 1.65. The van der Waals surface area contributed by atoms with Crippen LogP contribution in [0.4, 0.5) is 0 Å². The molecule has 0 aliphatic carbocycles. The molecule has 0 aliphatic rings. The van der Waals surface area contributed by atoms with Crippen molar-refractivity contribution in [2.45, 2.75) is 19.4 Å². The van der Waals surface area contributed by atoms with E-state index >= 15 is 0 Å². The lowest BCUT2D eigenvalue weighted by Gasteiger charge is -2.11. The Balaban J connectivity index is 1.87. The molecular weight excluding hydrogens is 240 g/mol. The van der Waals surface area contributed by atoms with Gasteiger partial charge in [-0.15, -0.1) is 11.3 Å². The summed E-state index contributed by atoms with van der Waals surface area (Å²) >= 11 is 1.69. The molecule has 0 saturated carbocycles. The Bertz CT molecular complexity index is 508. The largest absolute Gasteiger partial charge is 0.297 e. The number of benzene rings is 1. The zero-order chi connectivity index (χ0) is 12.6. The van der Waals surface area contributed by atoms with Crippen molar-refractivity contribution in [2.75, 3.05) is 6.54 Å². The van der Waals surface area contributed by atoms with E-state index in [2.05, 4.69) is 29.1 Å². The van der Waals surface area contributed by atoms with Crippen LogP contribution in [-0.2, 0) is 0 Å². The van der Waals surface area contributed by atoms with E-state index in [1.165, 1.54) is 0 Å². The molecule has 0 saturated heterocycles. The highest BCUT2D eigenvalue weighted by Crippen LogP contribution is 2.17. The zero-order valence-corrected chi connectivity index (χ0v) is 11.2. The summed E-state index contributed by atoms with van der Waals surface area (Å²) in [6.45, 7) is 2.84. The molecular formula is C15H16N2S. The van der Waals surface area contributed by atoms with Crippen molar-refractivity contribution >= 4 is 11.3 Å². The van der Waals surface area contributed by atoms with Crippen LogP contribution in [0.2, 0.25) is 0 Å². The van der Waals surface area contributed by atoms with E-state index in [4.69, 9.17) is 0 Å². The second-order valence-electron chi connectivity index (χ2n) is 3.88. The lowest BCUT2D eigenvalue weighted by atomic mass is 10.2. The van der Waals surface area contributed by atoms with E-state index in [1.807, 2.05) is 41.9 Å². The minimum atomic E-state index is 0.315. The Hall–Kier alpha value is -1.63. The molecule has 1 atom stereocenters. The van der Waals surface area contributed by atoms with Crippen LogP contribution >= 0.6 is 11.3 Å². The molecule has 2 rings (SSSR count). The maximum absolute atomic E-state index is 4.33. The molecule has 0 amide bonds. The first-order chi connectivity index (χ1) is 8.90. The van der Waals surface area contributed by atoms with Gasteiger partial charge in [0, 0.05) is 17.1 Å². The molecule has 3 heteroatoms. The lowest BCUT2D eigenvalue weighted by Crippen LogP contribution is -2.20. The van der Waals surface area contributed by atoms with Gasteiger partial charge in [0.15, 0.2) is 0 Å². The third-order valence-electron chi connectivity index (χ3n) is 2.60. The highest BCUT2D eigenvalue weighted by Gasteiger charge is 2.09. The molecule has 2 nitrogen and oxygen atoms in total. The molecule has 92 valence electrons. The third kappa shape index (κ3) is 3.69. The summed E-state index contributed by atoms with van der Waals surface area (Å²) in [6, 6.07) is 10.4. The first-order valence-electron chi connectivity index (χ1n) is 6.07. The van der Waals surface area contributed by atoms with Gasteiger partial charge in [-0.2, -0.15) is 0 Å². The molecule has 0 radical (unpaired) electrons. The smallest absolute Gasteiger partial charge is 0.109 e. The minimum Gasteiger partial charge on any atom is -0.297 e.